The highest BCUT2D eigenvalue weighted by molar-refractivity contribution is 9.10. The molecule has 1 rings (SSSR count). The van der Waals surface area contributed by atoms with Crippen molar-refractivity contribution in [3.05, 3.63) is 34.1 Å². The van der Waals surface area contributed by atoms with Crippen molar-refractivity contribution >= 4 is 31.9 Å². The summed E-state index contributed by atoms with van der Waals surface area (Å²) in [5.74, 6) is -0.114. The molecule has 0 aromatic heterocycles. The molecule has 0 aliphatic heterocycles. The molecule has 16 heavy (non-hydrogen) atoms. The first-order valence-corrected chi connectivity index (χ1v) is 7.09. The van der Waals surface area contributed by atoms with Crippen molar-refractivity contribution < 1.29 is 4.39 Å². The van der Waals surface area contributed by atoms with Crippen molar-refractivity contribution in [3.8, 4) is 0 Å². The summed E-state index contributed by atoms with van der Waals surface area (Å²) in [6, 6.07) is 5.10. The summed E-state index contributed by atoms with van der Waals surface area (Å²) in [6.07, 6.45) is 1.70. The molecule has 0 saturated carbocycles. The van der Waals surface area contributed by atoms with Crippen LogP contribution in [0.2, 0.25) is 0 Å². The lowest BCUT2D eigenvalue weighted by molar-refractivity contribution is 0.384. The van der Waals surface area contributed by atoms with E-state index in [9.17, 15) is 4.39 Å². The molecule has 0 saturated heterocycles. The third kappa shape index (κ3) is 4.17. The van der Waals surface area contributed by atoms with Crippen molar-refractivity contribution in [3.63, 3.8) is 0 Å². The molecular weight excluding hydrogens is 335 g/mol. The molecule has 90 valence electrons. The van der Waals surface area contributed by atoms with Crippen LogP contribution in [0.3, 0.4) is 0 Å². The summed E-state index contributed by atoms with van der Waals surface area (Å²) >= 11 is 7.03. The van der Waals surface area contributed by atoms with E-state index in [-0.39, 0.29) is 11.2 Å². The lowest BCUT2D eigenvalue weighted by atomic mass is 9.89. The van der Waals surface area contributed by atoms with Crippen LogP contribution in [-0.4, -0.2) is 4.83 Å². The molecule has 0 N–H and O–H groups in total. The zero-order chi connectivity index (χ0) is 12.3. The molecule has 3 heteroatoms. The highest BCUT2D eigenvalue weighted by Crippen LogP contribution is 2.30. The van der Waals surface area contributed by atoms with E-state index in [1.807, 2.05) is 6.07 Å². The summed E-state index contributed by atoms with van der Waals surface area (Å²) in [6.45, 7) is 6.55. The van der Waals surface area contributed by atoms with Crippen LogP contribution in [-0.2, 0) is 6.42 Å². The number of halogens is 3. The van der Waals surface area contributed by atoms with Crippen LogP contribution < -0.4 is 0 Å². The van der Waals surface area contributed by atoms with Crippen molar-refractivity contribution in [1.29, 1.82) is 0 Å². The fourth-order valence-corrected chi connectivity index (χ4v) is 2.09. The lowest BCUT2D eigenvalue weighted by Gasteiger charge is -2.25. The Bertz CT molecular complexity index is 355. The second-order valence-corrected chi connectivity index (χ2v) is 7.13. The average Bonchev–Trinajstić information content (AvgIpc) is 2.17. The monoisotopic (exact) mass is 350 g/mol. The van der Waals surface area contributed by atoms with E-state index in [1.165, 1.54) is 6.07 Å². The van der Waals surface area contributed by atoms with Crippen LogP contribution in [0.15, 0.2) is 22.7 Å². The predicted octanol–water partition coefficient (Wildman–Crippen LogP) is 5.33. The van der Waals surface area contributed by atoms with Gasteiger partial charge in [-0.15, -0.1) is 0 Å². The first-order chi connectivity index (χ1) is 7.30. The normalized spacial score (nSPS) is 13.9. The Morgan fingerprint density at radius 3 is 2.50 bits per heavy atom. The number of aryl methyl sites for hydroxylation is 1. The molecule has 0 amide bonds. The highest BCUT2D eigenvalue weighted by atomic mass is 79.9. The third-order valence-electron chi connectivity index (χ3n) is 2.61. The quantitative estimate of drug-likeness (QED) is 0.645. The van der Waals surface area contributed by atoms with Gasteiger partial charge in [0.25, 0.3) is 0 Å². The summed E-state index contributed by atoms with van der Waals surface area (Å²) in [5, 5.41) is 0. The van der Waals surface area contributed by atoms with Crippen molar-refractivity contribution in [1.82, 2.24) is 0 Å². The van der Waals surface area contributed by atoms with Crippen molar-refractivity contribution in [2.24, 2.45) is 5.41 Å². The Hall–Kier alpha value is 0.110. The maximum Gasteiger partial charge on any atom is 0.126 e. The fraction of sp³-hybridized carbons (Fsp3) is 0.538. The van der Waals surface area contributed by atoms with Gasteiger partial charge in [0.1, 0.15) is 5.82 Å². The van der Waals surface area contributed by atoms with Gasteiger partial charge in [-0.05, 0) is 42.0 Å². The first kappa shape index (κ1) is 14.2. The van der Waals surface area contributed by atoms with Crippen LogP contribution in [0, 0.1) is 11.2 Å². The number of hydrogen-bond donors (Lipinski definition) is 0. The average molecular weight is 352 g/mol. The largest absolute Gasteiger partial charge is 0.207 e. The van der Waals surface area contributed by atoms with Crippen LogP contribution in [0.4, 0.5) is 4.39 Å². The van der Waals surface area contributed by atoms with Gasteiger partial charge in [0.05, 0.1) is 0 Å². The summed E-state index contributed by atoms with van der Waals surface area (Å²) in [7, 11) is 0. The van der Waals surface area contributed by atoms with Crippen LogP contribution in [0.1, 0.15) is 32.8 Å². The van der Waals surface area contributed by atoms with Gasteiger partial charge in [-0.25, -0.2) is 4.39 Å². The summed E-state index contributed by atoms with van der Waals surface area (Å²) in [5.41, 5.74) is 0.991. The van der Waals surface area contributed by atoms with E-state index < -0.39 is 0 Å². The molecular formula is C13H17Br2F. The van der Waals surface area contributed by atoms with Crippen LogP contribution in [0.25, 0.3) is 0 Å². The van der Waals surface area contributed by atoms with Gasteiger partial charge in [-0.2, -0.15) is 0 Å². The summed E-state index contributed by atoms with van der Waals surface area (Å²) < 4.78 is 14.4. The molecule has 1 unspecified atom stereocenters. The van der Waals surface area contributed by atoms with Gasteiger partial charge in [0.2, 0.25) is 0 Å². The molecule has 0 aliphatic carbocycles. The van der Waals surface area contributed by atoms with Crippen LogP contribution >= 0.6 is 31.9 Å². The topological polar surface area (TPSA) is 0 Å². The van der Waals surface area contributed by atoms with Gasteiger partial charge >= 0.3 is 0 Å². The maximum atomic E-state index is 13.5. The number of rotatable bonds is 3. The Balaban J connectivity index is 2.64. The first-order valence-electron chi connectivity index (χ1n) is 5.38. The minimum Gasteiger partial charge on any atom is -0.207 e. The number of alkyl halides is 1. The van der Waals surface area contributed by atoms with E-state index in [0.29, 0.717) is 4.83 Å². The minimum absolute atomic E-state index is 0.114. The van der Waals surface area contributed by atoms with E-state index in [4.69, 9.17) is 0 Å². The number of hydrogen-bond acceptors (Lipinski definition) is 0. The molecule has 0 spiro atoms. The van der Waals surface area contributed by atoms with Crippen molar-refractivity contribution in [2.45, 2.75) is 38.4 Å². The third-order valence-corrected chi connectivity index (χ3v) is 4.94. The molecule has 1 atom stereocenters. The lowest BCUT2D eigenvalue weighted by Crippen LogP contribution is -2.20. The van der Waals surface area contributed by atoms with Gasteiger partial charge in [-0.3, -0.25) is 0 Å². The highest BCUT2D eigenvalue weighted by Gasteiger charge is 2.21. The van der Waals surface area contributed by atoms with Gasteiger partial charge < -0.3 is 0 Å². The van der Waals surface area contributed by atoms with Gasteiger partial charge in [0.15, 0.2) is 0 Å². The van der Waals surface area contributed by atoms with Gasteiger partial charge in [0, 0.05) is 9.30 Å². The van der Waals surface area contributed by atoms with Crippen LogP contribution in [0.5, 0.6) is 0 Å². The van der Waals surface area contributed by atoms with E-state index in [0.717, 1.165) is 22.9 Å². The molecule has 0 heterocycles. The molecule has 0 nitrogen and oxygen atoms in total. The SMILES string of the molecule is CC(C)(C)C(Br)CCc1cc(Br)ccc1F. The Morgan fingerprint density at radius 2 is 1.94 bits per heavy atom. The maximum absolute atomic E-state index is 13.5. The van der Waals surface area contributed by atoms with Gasteiger partial charge in [-0.1, -0.05) is 52.6 Å². The molecule has 0 bridgehead atoms. The minimum atomic E-state index is -0.114. The second kappa shape index (κ2) is 5.63. The molecule has 1 aromatic carbocycles. The Labute approximate surface area is 114 Å². The predicted molar refractivity (Wildman–Crippen MR) is 74.6 cm³/mol. The number of benzene rings is 1. The second-order valence-electron chi connectivity index (χ2n) is 5.11. The molecule has 0 fully saturated rings. The van der Waals surface area contributed by atoms with E-state index in [2.05, 4.69) is 52.6 Å². The van der Waals surface area contributed by atoms with E-state index in [1.54, 1.807) is 6.07 Å². The molecule has 0 aliphatic rings. The van der Waals surface area contributed by atoms with Crippen molar-refractivity contribution in [2.75, 3.05) is 0 Å². The summed E-state index contributed by atoms with van der Waals surface area (Å²) in [4.78, 5) is 0.401. The zero-order valence-corrected chi connectivity index (χ0v) is 13.0. The smallest absolute Gasteiger partial charge is 0.126 e. The molecule has 0 radical (unpaired) electrons. The molecule has 1 aromatic rings. The Morgan fingerprint density at radius 1 is 1.31 bits per heavy atom. The van der Waals surface area contributed by atoms with E-state index >= 15 is 0 Å². The fourth-order valence-electron chi connectivity index (χ4n) is 1.45. The zero-order valence-electron chi connectivity index (χ0n) is 9.86. The Kier molecular flexibility index (Phi) is 4.99. The standard InChI is InChI=1S/C13H17Br2F/c1-13(2,3)12(15)7-4-9-8-10(14)5-6-11(9)16/h5-6,8,12H,4,7H2,1-3H3.